The first-order valence-electron chi connectivity index (χ1n) is 11.6. The molecule has 0 bridgehead atoms. The largest absolute Gasteiger partial charge is 0.462 e. The van der Waals surface area contributed by atoms with Gasteiger partial charge >= 0.3 is 5.97 Å². The van der Waals surface area contributed by atoms with Crippen LogP contribution in [0.15, 0.2) is 88.8 Å². The summed E-state index contributed by atoms with van der Waals surface area (Å²) in [5.41, 5.74) is 1.99. The molecule has 0 atom stereocenters. The van der Waals surface area contributed by atoms with Crippen molar-refractivity contribution in [1.29, 1.82) is 0 Å². The summed E-state index contributed by atoms with van der Waals surface area (Å²) in [6.45, 7) is 6.39. The fourth-order valence-electron chi connectivity index (χ4n) is 3.49. The van der Waals surface area contributed by atoms with Crippen LogP contribution in [0.3, 0.4) is 0 Å². The molecule has 0 aliphatic carbocycles. The van der Waals surface area contributed by atoms with Gasteiger partial charge in [-0.1, -0.05) is 66.4 Å². The van der Waals surface area contributed by atoms with Crippen LogP contribution in [-0.4, -0.2) is 39.0 Å². The van der Waals surface area contributed by atoms with Gasteiger partial charge in [-0.2, -0.15) is 0 Å². The Morgan fingerprint density at radius 1 is 1.08 bits per heavy atom. The Balaban J connectivity index is 1.45. The Morgan fingerprint density at radius 3 is 2.51 bits per heavy atom. The molecule has 4 aromatic rings. The number of nitrogens with one attached hydrogen (secondary N) is 1. The maximum atomic E-state index is 12.9. The first-order chi connectivity index (χ1) is 18.1. The standard InChI is InChI=1S/C27H26N4O3S3/c1-3-15-31-22(17-35-20-13-9-6-10-14-20)29-30-27(31)37-18-23(32)28-25-24(26(33)34-4-2)21(16-36-25)19-11-7-5-8-12-19/h3,5-14,16H,1,4,15,17-18H2,2H3,(H,28,32). The number of thioether (sulfide) groups is 2. The smallest absolute Gasteiger partial charge is 0.341 e. The van der Waals surface area contributed by atoms with Crippen molar-refractivity contribution in [3.63, 3.8) is 0 Å². The molecule has 4 rings (SSSR count). The van der Waals surface area contributed by atoms with Gasteiger partial charge < -0.3 is 14.6 Å². The van der Waals surface area contributed by atoms with E-state index in [0.29, 0.717) is 28.0 Å². The van der Waals surface area contributed by atoms with Gasteiger partial charge in [0.2, 0.25) is 5.91 Å². The zero-order chi connectivity index (χ0) is 26.0. The SMILES string of the molecule is C=CCn1c(CSc2ccccc2)nnc1SCC(=O)Nc1scc(-c2ccccc2)c1C(=O)OCC. The third-order valence-corrected chi connectivity index (χ3v) is 8.03. The number of hydrogen-bond acceptors (Lipinski definition) is 8. The van der Waals surface area contributed by atoms with E-state index < -0.39 is 5.97 Å². The average molecular weight is 551 g/mol. The fourth-order valence-corrected chi connectivity index (χ4v) is 6.09. The van der Waals surface area contributed by atoms with Crippen LogP contribution in [0.4, 0.5) is 5.00 Å². The molecule has 10 heteroatoms. The number of hydrogen-bond donors (Lipinski definition) is 1. The monoisotopic (exact) mass is 550 g/mol. The molecule has 0 fully saturated rings. The highest BCUT2D eigenvalue weighted by Crippen LogP contribution is 2.36. The van der Waals surface area contributed by atoms with E-state index in [1.165, 1.54) is 23.1 Å². The van der Waals surface area contributed by atoms with E-state index in [0.717, 1.165) is 21.8 Å². The highest BCUT2D eigenvalue weighted by atomic mass is 32.2. The first kappa shape index (κ1) is 26.7. The van der Waals surface area contributed by atoms with E-state index in [1.54, 1.807) is 24.8 Å². The van der Waals surface area contributed by atoms with Gasteiger partial charge in [0.05, 0.1) is 18.1 Å². The number of thiophene rings is 1. The predicted molar refractivity (Wildman–Crippen MR) is 151 cm³/mol. The van der Waals surface area contributed by atoms with Crippen LogP contribution in [0, 0.1) is 0 Å². The van der Waals surface area contributed by atoms with Gasteiger partial charge in [-0.05, 0) is 24.6 Å². The second-order valence-electron chi connectivity index (χ2n) is 7.68. The van der Waals surface area contributed by atoms with E-state index in [2.05, 4.69) is 34.2 Å². The minimum atomic E-state index is -0.461. The summed E-state index contributed by atoms with van der Waals surface area (Å²) in [5.74, 6) is 0.870. The number of anilines is 1. The Bertz CT molecular complexity index is 1350. The van der Waals surface area contributed by atoms with Crippen molar-refractivity contribution >= 4 is 51.7 Å². The van der Waals surface area contributed by atoms with Crippen LogP contribution in [0.1, 0.15) is 23.1 Å². The van der Waals surface area contributed by atoms with E-state index in [9.17, 15) is 9.59 Å². The summed E-state index contributed by atoms with van der Waals surface area (Å²) < 4.78 is 7.24. The number of rotatable bonds is 12. The first-order valence-corrected chi connectivity index (χ1v) is 14.4. The van der Waals surface area contributed by atoms with Gasteiger partial charge in [0, 0.05) is 22.4 Å². The summed E-state index contributed by atoms with van der Waals surface area (Å²) in [5, 5.41) is 14.5. The van der Waals surface area contributed by atoms with Crippen molar-refractivity contribution in [3.8, 4) is 11.1 Å². The lowest BCUT2D eigenvalue weighted by atomic mass is 10.0. The maximum Gasteiger partial charge on any atom is 0.341 e. The minimum absolute atomic E-state index is 0.113. The number of benzene rings is 2. The highest BCUT2D eigenvalue weighted by molar-refractivity contribution is 7.99. The zero-order valence-corrected chi connectivity index (χ0v) is 22.7. The van der Waals surface area contributed by atoms with E-state index >= 15 is 0 Å². The minimum Gasteiger partial charge on any atom is -0.462 e. The Kier molecular flexibility index (Phi) is 9.58. The van der Waals surface area contributed by atoms with Crippen LogP contribution in [-0.2, 0) is 21.8 Å². The lowest BCUT2D eigenvalue weighted by molar-refractivity contribution is -0.113. The van der Waals surface area contributed by atoms with Crippen LogP contribution >= 0.6 is 34.9 Å². The fraction of sp³-hybridized carbons (Fsp3) is 0.185. The average Bonchev–Trinajstić information content (AvgIpc) is 3.51. The molecule has 2 aromatic carbocycles. The number of esters is 1. The lowest BCUT2D eigenvalue weighted by Gasteiger charge is -2.09. The third kappa shape index (κ3) is 6.91. The summed E-state index contributed by atoms with van der Waals surface area (Å²) in [6.07, 6.45) is 1.78. The van der Waals surface area contributed by atoms with Crippen molar-refractivity contribution in [2.45, 2.75) is 29.3 Å². The van der Waals surface area contributed by atoms with Gasteiger partial charge in [0.25, 0.3) is 0 Å². The predicted octanol–water partition coefficient (Wildman–Crippen LogP) is 6.39. The van der Waals surface area contributed by atoms with E-state index in [4.69, 9.17) is 4.74 Å². The normalized spacial score (nSPS) is 10.7. The molecule has 0 radical (unpaired) electrons. The molecular weight excluding hydrogens is 525 g/mol. The molecule has 0 saturated carbocycles. The molecule has 0 aliphatic heterocycles. The van der Waals surface area contributed by atoms with Gasteiger partial charge in [0.1, 0.15) is 16.4 Å². The van der Waals surface area contributed by atoms with Gasteiger partial charge in [-0.25, -0.2) is 4.79 Å². The van der Waals surface area contributed by atoms with Gasteiger partial charge in [0.15, 0.2) is 5.16 Å². The van der Waals surface area contributed by atoms with Crippen molar-refractivity contribution in [3.05, 3.63) is 90.1 Å². The molecule has 7 nitrogen and oxygen atoms in total. The number of amides is 1. The number of nitrogens with zero attached hydrogens (tertiary/aromatic N) is 3. The molecule has 2 heterocycles. The summed E-state index contributed by atoms with van der Waals surface area (Å²) in [6, 6.07) is 19.7. The van der Waals surface area contributed by atoms with Crippen LogP contribution < -0.4 is 5.32 Å². The van der Waals surface area contributed by atoms with Crippen LogP contribution in [0.5, 0.6) is 0 Å². The molecule has 0 spiro atoms. The van der Waals surface area contributed by atoms with Crippen LogP contribution in [0.2, 0.25) is 0 Å². The van der Waals surface area contributed by atoms with Crippen molar-refractivity contribution in [1.82, 2.24) is 14.8 Å². The van der Waals surface area contributed by atoms with Gasteiger partial charge in [-0.3, -0.25) is 4.79 Å². The van der Waals surface area contributed by atoms with E-state index in [-0.39, 0.29) is 18.3 Å². The quantitative estimate of drug-likeness (QED) is 0.124. The molecule has 1 amide bonds. The second-order valence-corrected chi connectivity index (χ2v) is 10.5. The zero-order valence-electron chi connectivity index (χ0n) is 20.3. The number of carbonyl (C=O) groups is 2. The molecule has 0 saturated heterocycles. The second kappa shape index (κ2) is 13.3. The van der Waals surface area contributed by atoms with Crippen molar-refractivity contribution in [2.75, 3.05) is 17.7 Å². The highest BCUT2D eigenvalue weighted by Gasteiger charge is 2.23. The third-order valence-electron chi connectivity index (χ3n) is 5.16. The molecule has 1 N–H and O–H groups in total. The molecule has 0 aliphatic rings. The molecule has 0 unspecified atom stereocenters. The summed E-state index contributed by atoms with van der Waals surface area (Å²) in [4.78, 5) is 26.8. The number of carbonyl (C=O) groups excluding carboxylic acids is 2. The van der Waals surface area contributed by atoms with Gasteiger partial charge in [-0.15, -0.1) is 39.9 Å². The summed E-state index contributed by atoms with van der Waals surface area (Å²) >= 11 is 4.27. The molecule has 190 valence electrons. The molecule has 37 heavy (non-hydrogen) atoms. The Hall–Kier alpha value is -3.34. The number of aromatic nitrogens is 3. The molecule has 2 aromatic heterocycles. The number of ether oxygens (including phenoxy) is 1. The van der Waals surface area contributed by atoms with E-state index in [1.807, 2.05) is 58.5 Å². The Labute approximate surface area is 228 Å². The Morgan fingerprint density at radius 2 is 1.81 bits per heavy atom. The number of allylic oxidation sites excluding steroid dienone is 1. The topological polar surface area (TPSA) is 86.1 Å². The van der Waals surface area contributed by atoms with Crippen LogP contribution in [0.25, 0.3) is 11.1 Å². The molecular formula is C27H26N4O3S3. The maximum absolute atomic E-state index is 12.9. The van der Waals surface area contributed by atoms with Crippen molar-refractivity contribution < 1.29 is 14.3 Å². The summed E-state index contributed by atoms with van der Waals surface area (Å²) in [7, 11) is 0. The van der Waals surface area contributed by atoms with Crippen molar-refractivity contribution in [2.24, 2.45) is 0 Å². The lowest BCUT2D eigenvalue weighted by Crippen LogP contribution is -2.17.